The van der Waals surface area contributed by atoms with E-state index in [0.29, 0.717) is 6.54 Å². The van der Waals surface area contributed by atoms with Crippen LogP contribution in [-0.2, 0) is 19.5 Å². The van der Waals surface area contributed by atoms with Crippen molar-refractivity contribution in [1.29, 1.82) is 0 Å². The van der Waals surface area contributed by atoms with Gasteiger partial charge in [-0.25, -0.2) is 9.78 Å². The van der Waals surface area contributed by atoms with Gasteiger partial charge in [-0.1, -0.05) is 30.3 Å². The summed E-state index contributed by atoms with van der Waals surface area (Å²) in [6, 6.07) is 13.8. The molecule has 0 spiro atoms. The second kappa shape index (κ2) is 8.80. The minimum Gasteiger partial charge on any atom is -0.333 e. The van der Waals surface area contributed by atoms with Crippen molar-refractivity contribution in [3.8, 4) is 0 Å². The van der Waals surface area contributed by atoms with Crippen LogP contribution in [0.1, 0.15) is 29.9 Å². The Bertz CT molecular complexity index is 816. The highest BCUT2D eigenvalue weighted by Crippen LogP contribution is 2.10. The van der Waals surface area contributed by atoms with Crippen LogP contribution in [0, 0.1) is 0 Å². The molecule has 0 saturated heterocycles. The van der Waals surface area contributed by atoms with E-state index in [0.717, 1.165) is 24.4 Å². The molecule has 0 saturated carbocycles. The number of nitrogens with zero attached hydrogens (tertiary/aromatic N) is 3. The smallest absolute Gasteiger partial charge is 0.315 e. The molecule has 0 radical (unpaired) electrons. The minimum absolute atomic E-state index is 0.0872. The molecule has 0 aliphatic carbocycles. The molecule has 0 aliphatic heterocycles. The summed E-state index contributed by atoms with van der Waals surface area (Å²) >= 11 is 0. The highest BCUT2D eigenvalue weighted by atomic mass is 16.2. The van der Waals surface area contributed by atoms with Gasteiger partial charge in [0.25, 0.3) is 0 Å². The second-order valence-corrected chi connectivity index (χ2v) is 6.10. The Morgan fingerprint density at radius 2 is 1.88 bits per heavy atom. The molecule has 6 heteroatoms. The van der Waals surface area contributed by atoms with Crippen molar-refractivity contribution >= 4 is 6.03 Å². The normalized spacial score (nSPS) is 11.7. The summed E-state index contributed by atoms with van der Waals surface area (Å²) in [4.78, 5) is 20.5. The van der Waals surface area contributed by atoms with E-state index in [2.05, 4.69) is 37.3 Å². The third kappa shape index (κ3) is 4.92. The van der Waals surface area contributed by atoms with Crippen LogP contribution in [0.5, 0.6) is 0 Å². The molecule has 0 fully saturated rings. The van der Waals surface area contributed by atoms with E-state index in [9.17, 15) is 4.79 Å². The van der Waals surface area contributed by atoms with Crippen molar-refractivity contribution < 1.29 is 4.79 Å². The number of imidazole rings is 1. The number of pyridine rings is 1. The number of carbonyl (C=O) groups excluding carboxylic acids is 1. The zero-order chi connectivity index (χ0) is 18.2. The van der Waals surface area contributed by atoms with Crippen molar-refractivity contribution in [3.05, 3.63) is 84.2 Å². The standard InChI is InChI=1S/C20H23N5O/c1-16(18-7-10-21-11-8-18)24-20(26)23-15-19-22-12-14-25(19)13-9-17-5-3-2-4-6-17/h2-8,10-12,14,16H,9,13,15H2,1H3,(H2,23,24,26). The number of nitrogens with one attached hydrogen (secondary N) is 2. The highest BCUT2D eigenvalue weighted by Gasteiger charge is 2.10. The summed E-state index contributed by atoms with van der Waals surface area (Å²) in [5, 5.41) is 5.80. The van der Waals surface area contributed by atoms with Gasteiger partial charge in [0, 0.05) is 31.3 Å². The van der Waals surface area contributed by atoms with Crippen LogP contribution < -0.4 is 10.6 Å². The highest BCUT2D eigenvalue weighted by molar-refractivity contribution is 5.74. The van der Waals surface area contributed by atoms with Crippen molar-refractivity contribution in [2.45, 2.75) is 32.5 Å². The Labute approximate surface area is 153 Å². The monoisotopic (exact) mass is 349 g/mol. The van der Waals surface area contributed by atoms with Gasteiger partial charge in [0.15, 0.2) is 0 Å². The van der Waals surface area contributed by atoms with Gasteiger partial charge in [0.2, 0.25) is 0 Å². The molecule has 26 heavy (non-hydrogen) atoms. The predicted molar refractivity (Wildman–Crippen MR) is 100 cm³/mol. The molecule has 2 heterocycles. The SMILES string of the molecule is CC(NC(=O)NCc1nccn1CCc1ccccc1)c1ccncc1. The van der Waals surface area contributed by atoms with E-state index in [1.807, 2.05) is 43.5 Å². The number of carbonyl (C=O) groups is 1. The molecule has 134 valence electrons. The molecule has 6 nitrogen and oxygen atoms in total. The van der Waals surface area contributed by atoms with Crippen LogP contribution in [0.25, 0.3) is 0 Å². The van der Waals surface area contributed by atoms with Gasteiger partial charge in [-0.2, -0.15) is 0 Å². The van der Waals surface area contributed by atoms with E-state index in [4.69, 9.17) is 0 Å². The van der Waals surface area contributed by atoms with E-state index < -0.39 is 0 Å². The third-order valence-corrected chi connectivity index (χ3v) is 4.25. The number of hydrogen-bond donors (Lipinski definition) is 2. The first-order valence-electron chi connectivity index (χ1n) is 8.70. The summed E-state index contributed by atoms with van der Waals surface area (Å²) in [6.07, 6.45) is 8.07. The van der Waals surface area contributed by atoms with Gasteiger partial charge in [-0.3, -0.25) is 4.98 Å². The van der Waals surface area contributed by atoms with E-state index >= 15 is 0 Å². The fourth-order valence-electron chi connectivity index (χ4n) is 2.75. The largest absolute Gasteiger partial charge is 0.333 e. The first-order valence-corrected chi connectivity index (χ1v) is 8.70. The van der Waals surface area contributed by atoms with Crippen molar-refractivity contribution in [3.63, 3.8) is 0 Å². The quantitative estimate of drug-likeness (QED) is 0.688. The van der Waals surface area contributed by atoms with Crippen LogP contribution in [0.15, 0.2) is 67.3 Å². The lowest BCUT2D eigenvalue weighted by molar-refractivity contribution is 0.237. The number of aromatic nitrogens is 3. The maximum atomic E-state index is 12.1. The summed E-state index contributed by atoms with van der Waals surface area (Å²) in [6.45, 7) is 3.16. The number of urea groups is 1. The summed E-state index contributed by atoms with van der Waals surface area (Å²) < 4.78 is 2.07. The Morgan fingerprint density at radius 1 is 1.12 bits per heavy atom. The number of benzene rings is 1. The molecule has 2 aromatic heterocycles. The lowest BCUT2D eigenvalue weighted by atomic mass is 10.1. The van der Waals surface area contributed by atoms with Gasteiger partial charge >= 0.3 is 6.03 Å². The molecule has 1 unspecified atom stereocenters. The number of aryl methyl sites for hydroxylation is 2. The zero-order valence-corrected chi connectivity index (χ0v) is 14.8. The lowest BCUT2D eigenvalue weighted by Crippen LogP contribution is -2.37. The minimum atomic E-state index is -0.216. The number of hydrogen-bond acceptors (Lipinski definition) is 3. The van der Waals surface area contributed by atoms with Gasteiger partial charge in [-0.15, -0.1) is 0 Å². The Hall–Kier alpha value is -3.15. The molecule has 3 aromatic rings. The van der Waals surface area contributed by atoms with E-state index in [-0.39, 0.29) is 12.1 Å². The molecular formula is C20H23N5O. The topological polar surface area (TPSA) is 71.8 Å². The van der Waals surface area contributed by atoms with Gasteiger partial charge < -0.3 is 15.2 Å². The first kappa shape index (κ1) is 17.7. The molecule has 1 aromatic carbocycles. The maximum Gasteiger partial charge on any atom is 0.315 e. The van der Waals surface area contributed by atoms with Crippen LogP contribution >= 0.6 is 0 Å². The molecule has 0 bridgehead atoms. The Balaban J connectivity index is 1.49. The fraction of sp³-hybridized carbons (Fsp3) is 0.250. The molecule has 3 rings (SSSR count). The average molecular weight is 349 g/mol. The molecule has 2 N–H and O–H groups in total. The predicted octanol–water partition coefficient (Wildman–Crippen LogP) is 3.08. The van der Waals surface area contributed by atoms with Crippen LogP contribution in [-0.4, -0.2) is 20.6 Å². The van der Waals surface area contributed by atoms with Crippen LogP contribution in [0.3, 0.4) is 0 Å². The average Bonchev–Trinajstić information content (AvgIpc) is 3.13. The first-order chi connectivity index (χ1) is 12.7. The summed E-state index contributed by atoms with van der Waals surface area (Å²) in [7, 11) is 0. The summed E-state index contributed by atoms with van der Waals surface area (Å²) in [5.41, 5.74) is 2.29. The molecule has 2 amide bonds. The number of rotatable bonds is 7. The molecule has 1 atom stereocenters. The van der Waals surface area contributed by atoms with Crippen molar-refractivity contribution in [2.24, 2.45) is 0 Å². The Kier molecular flexibility index (Phi) is 5.98. The second-order valence-electron chi connectivity index (χ2n) is 6.10. The van der Waals surface area contributed by atoms with E-state index in [1.165, 1.54) is 5.56 Å². The lowest BCUT2D eigenvalue weighted by Gasteiger charge is -2.15. The third-order valence-electron chi connectivity index (χ3n) is 4.25. The Morgan fingerprint density at radius 3 is 2.65 bits per heavy atom. The van der Waals surface area contributed by atoms with Gasteiger partial charge in [-0.05, 0) is 36.6 Å². The molecular weight excluding hydrogens is 326 g/mol. The van der Waals surface area contributed by atoms with Crippen molar-refractivity contribution in [2.75, 3.05) is 0 Å². The number of amides is 2. The van der Waals surface area contributed by atoms with Crippen LogP contribution in [0.2, 0.25) is 0 Å². The maximum absolute atomic E-state index is 12.1. The zero-order valence-electron chi connectivity index (χ0n) is 14.8. The van der Waals surface area contributed by atoms with Crippen LogP contribution in [0.4, 0.5) is 4.79 Å². The van der Waals surface area contributed by atoms with Crippen molar-refractivity contribution in [1.82, 2.24) is 25.2 Å². The molecule has 0 aliphatic rings. The van der Waals surface area contributed by atoms with Gasteiger partial charge in [0.05, 0.1) is 12.6 Å². The van der Waals surface area contributed by atoms with Gasteiger partial charge in [0.1, 0.15) is 5.82 Å². The fourth-order valence-corrected chi connectivity index (χ4v) is 2.75. The summed E-state index contributed by atoms with van der Waals surface area (Å²) in [5.74, 6) is 0.840. The van der Waals surface area contributed by atoms with E-state index in [1.54, 1.807) is 18.6 Å².